The molecule has 0 aliphatic carbocycles. The van der Waals surface area contributed by atoms with Gasteiger partial charge in [0.05, 0.1) is 6.33 Å². The van der Waals surface area contributed by atoms with E-state index in [1.54, 1.807) is 17.7 Å². The number of aromatic nitrogens is 4. The summed E-state index contributed by atoms with van der Waals surface area (Å²) in [5, 5.41) is 1.09. The lowest BCUT2D eigenvalue weighted by Gasteiger charge is -1.96. The third-order valence-corrected chi connectivity index (χ3v) is 4.52. The monoisotopic (exact) mass is 306 g/mol. The van der Waals surface area contributed by atoms with E-state index in [2.05, 4.69) is 45.3 Å². The van der Waals surface area contributed by atoms with E-state index in [-0.39, 0.29) is 0 Å². The third kappa shape index (κ3) is 2.51. The normalized spacial score (nSPS) is 11.1. The fourth-order valence-electron chi connectivity index (χ4n) is 2.42. The molecule has 0 fully saturated rings. The molecule has 0 saturated carbocycles. The molecule has 0 aliphatic heterocycles. The molecule has 0 amide bonds. The van der Waals surface area contributed by atoms with Crippen LogP contribution in [-0.2, 0) is 13.5 Å². The summed E-state index contributed by atoms with van der Waals surface area (Å²) in [6.45, 7) is 0. The zero-order valence-corrected chi connectivity index (χ0v) is 12.9. The van der Waals surface area contributed by atoms with Gasteiger partial charge in [-0.25, -0.2) is 15.0 Å². The molecule has 0 radical (unpaired) electrons. The molecule has 0 N–H and O–H groups in total. The number of nitrogens with zero attached hydrogens (tertiary/aromatic N) is 4. The van der Waals surface area contributed by atoms with Crippen molar-refractivity contribution in [1.82, 2.24) is 19.5 Å². The highest BCUT2D eigenvalue weighted by Crippen LogP contribution is 2.27. The van der Waals surface area contributed by atoms with Crippen LogP contribution in [0.1, 0.15) is 10.4 Å². The van der Waals surface area contributed by atoms with Gasteiger partial charge in [-0.2, -0.15) is 0 Å². The van der Waals surface area contributed by atoms with E-state index in [0.717, 1.165) is 22.3 Å². The minimum atomic E-state index is 0.682. The lowest BCUT2D eigenvalue weighted by molar-refractivity contribution is 0.913. The van der Waals surface area contributed by atoms with Gasteiger partial charge in [-0.3, -0.25) is 0 Å². The summed E-state index contributed by atoms with van der Waals surface area (Å²) in [5.41, 5.74) is 2.12. The first-order valence-corrected chi connectivity index (χ1v) is 7.87. The van der Waals surface area contributed by atoms with Crippen LogP contribution < -0.4 is 0 Å². The van der Waals surface area contributed by atoms with Gasteiger partial charge in [0.15, 0.2) is 5.82 Å². The highest BCUT2D eigenvalue weighted by atomic mass is 32.1. The first-order valence-electron chi connectivity index (χ1n) is 7.06. The molecule has 0 aliphatic rings. The Balaban J connectivity index is 1.69. The summed E-state index contributed by atoms with van der Waals surface area (Å²) in [6.07, 6.45) is 6.51. The zero-order chi connectivity index (χ0) is 14.9. The van der Waals surface area contributed by atoms with Gasteiger partial charge in [-0.05, 0) is 11.6 Å². The van der Waals surface area contributed by atoms with E-state index in [1.165, 1.54) is 10.4 Å². The Morgan fingerprint density at radius 2 is 2.00 bits per heavy atom. The van der Waals surface area contributed by atoms with E-state index in [0.29, 0.717) is 5.82 Å². The van der Waals surface area contributed by atoms with Crippen LogP contribution in [0.2, 0.25) is 0 Å². The highest BCUT2D eigenvalue weighted by Gasteiger charge is 2.09. The number of fused-ring (bicyclic) bond motifs is 1. The molecule has 0 unspecified atom stereocenters. The molecule has 0 atom stereocenters. The predicted octanol–water partition coefficient (Wildman–Crippen LogP) is 3.68. The number of rotatable bonds is 3. The molecule has 3 aromatic heterocycles. The summed E-state index contributed by atoms with van der Waals surface area (Å²) in [7, 11) is 1.94. The second-order valence-corrected chi connectivity index (χ2v) is 6.37. The largest absolute Gasteiger partial charge is 0.340 e. The molecular weight excluding hydrogens is 292 g/mol. The summed E-state index contributed by atoms with van der Waals surface area (Å²) in [5.74, 6) is 0.682. The maximum atomic E-state index is 4.65. The van der Waals surface area contributed by atoms with Crippen LogP contribution in [0.25, 0.3) is 21.7 Å². The molecule has 4 aromatic rings. The van der Waals surface area contributed by atoms with E-state index < -0.39 is 0 Å². The maximum absolute atomic E-state index is 4.65. The minimum Gasteiger partial charge on any atom is -0.340 e. The molecule has 0 spiro atoms. The van der Waals surface area contributed by atoms with Crippen LogP contribution in [0.15, 0.2) is 55.1 Å². The van der Waals surface area contributed by atoms with Gasteiger partial charge in [0.2, 0.25) is 0 Å². The zero-order valence-electron chi connectivity index (χ0n) is 12.1. The maximum Gasteiger partial charge on any atom is 0.181 e. The van der Waals surface area contributed by atoms with Crippen molar-refractivity contribution in [2.75, 3.05) is 0 Å². The van der Waals surface area contributed by atoms with Crippen molar-refractivity contribution < 1.29 is 0 Å². The van der Waals surface area contributed by atoms with Crippen molar-refractivity contribution in [3.05, 3.63) is 65.6 Å². The molecule has 4 nitrogen and oxygen atoms in total. The van der Waals surface area contributed by atoms with Gasteiger partial charge in [0.25, 0.3) is 0 Å². The molecule has 1 aromatic carbocycles. The fourth-order valence-corrected chi connectivity index (χ4v) is 3.45. The number of imidazole rings is 1. The molecule has 0 bridgehead atoms. The number of benzene rings is 1. The first kappa shape index (κ1) is 13.2. The van der Waals surface area contributed by atoms with Gasteiger partial charge >= 0.3 is 0 Å². The Morgan fingerprint density at radius 3 is 2.77 bits per heavy atom. The van der Waals surface area contributed by atoms with Crippen molar-refractivity contribution in [3.63, 3.8) is 0 Å². The molecule has 22 heavy (non-hydrogen) atoms. The second kappa shape index (κ2) is 5.35. The van der Waals surface area contributed by atoms with Gasteiger partial charge in [0, 0.05) is 36.1 Å². The number of hydrogen-bond donors (Lipinski definition) is 0. The van der Waals surface area contributed by atoms with Gasteiger partial charge in [-0.1, -0.05) is 30.3 Å². The summed E-state index contributed by atoms with van der Waals surface area (Å²) < 4.78 is 1.90. The van der Waals surface area contributed by atoms with Crippen LogP contribution in [0.5, 0.6) is 0 Å². The smallest absolute Gasteiger partial charge is 0.181 e. The molecule has 5 heteroatoms. The lowest BCUT2D eigenvalue weighted by atomic mass is 10.1. The summed E-state index contributed by atoms with van der Waals surface area (Å²) in [4.78, 5) is 15.7. The van der Waals surface area contributed by atoms with Crippen LogP contribution in [0, 0.1) is 0 Å². The standard InChI is InChI=1S/C17H14N4S/c1-21-10-15(19-11-21)16-18-9-13-8-14(22-17(13)20-16)7-12-5-3-2-4-6-12/h2-6,8-11H,7H2,1H3. The Morgan fingerprint density at radius 1 is 1.14 bits per heavy atom. The lowest BCUT2D eigenvalue weighted by Crippen LogP contribution is -1.87. The Bertz CT molecular complexity index is 924. The first-order chi connectivity index (χ1) is 10.8. The van der Waals surface area contributed by atoms with Crippen molar-refractivity contribution in [1.29, 1.82) is 0 Å². The average molecular weight is 306 g/mol. The minimum absolute atomic E-state index is 0.682. The van der Waals surface area contributed by atoms with Crippen LogP contribution in [-0.4, -0.2) is 19.5 Å². The molecule has 0 saturated heterocycles. The number of aryl methyl sites for hydroxylation is 1. The van der Waals surface area contributed by atoms with Crippen molar-refractivity contribution in [3.8, 4) is 11.5 Å². The van der Waals surface area contributed by atoms with Crippen LogP contribution in [0.3, 0.4) is 0 Å². The van der Waals surface area contributed by atoms with Crippen molar-refractivity contribution >= 4 is 21.6 Å². The third-order valence-electron chi connectivity index (χ3n) is 3.48. The van der Waals surface area contributed by atoms with E-state index in [1.807, 2.05) is 30.1 Å². The highest BCUT2D eigenvalue weighted by molar-refractivity contribution is 7.18. The van der Waals surface area contributed by atoms with Crippen molar-refractivity contribution in [2.45, 2.75) is 6.42 Å². The summed E-state index contributed by atoms with van der Waals surface area (Å²) >= 11 is 1.72. The molecule has 108 valence electrons. The molecule has 3 heterocycles. The Kier molecular flexibility index (Phi) is 3.20. The summed E-state index contributed by atoms with van der Waals surface area (Å²) in [6, 6.07) is 12.7. The van der Waals surface area contributed by atoms with Crippen LogP contribution >= 0.6 is 11.3 Å². The average Bonchev–Trinajstić information content (AvgIpc) is 3.13. The second-order valence-electron chi connectivity index (χ2n) is 5.25. The van der Waals surface area contributed by atoms with Gasteiger partial charge in [0.1, 0.15) is 10.5 Å². The van der Waals surface area contributed by atoms with Crippen LogP contribution in [0.4, 0.5) is 0 Å². The van der Waals surface area contributed by atoms with E-state index >= 15 is 0 Å². The number of hydrogen-bond acceptors (Lipinski definition) is 4. The Labute approximate surface area is 132 Å². The van der Waals surface area contributed by atoms with E-state index in [9.17, 15) is 0 Å². The van der Waals surface area contributed by atoms with Crippen molar-refractivity contribution in [2.24, 2.45) is 7.05 Å². The van der Waals surface area contributed by atoms with Gasteiger partial charge < -0.3 is 4.57 Å². The SMILES string of the molecule is Cn1cnc(-c2ncc3cc(Cc4ccccc4)sc3n2)c1. The van der Waals surface area contributed by atoms with Gasteiger partial charge in [-0.15, -0.1) is 11.3 Å². The van der Waals surface area contributed by atoms with E-state index in [4.69, 9.17) is 0 Å². The Hall–Kier alpha value is -2.53. The molecular formula is C17H14N4S. The predicted molar refractivity (Wildman–Crippen MR) is 88.9 cm³/mol. The molecule has 4 rings (SSSR count). The quantitative estimate of drug-likeness (QED) is 0.580. The number of thiophene rings is 1. The fraction of sp³-hybridized carbons (Fsp3) is 0.118. The topological polar surface area (TPSA) is 43.6 Å².